The average molecular weight is 498 g/mol. The van der Waals surface area contributed by atoms with Gasteiger partial charge in [0.15, 0.2) is 0 Å². The maximum atomic E-state index is 14.3. The number of halogens is 1. The molecule has 1 unspecified atom stereocenters. The molecule has 0 aliphatic carbocycles. The number of furan rings is 1. The number of hydrogen-bond acceptors (Lipinski definition) is 5. The van der Waals surface area contributed by atoms with E-state index in [4.69, 9.17) is 9.15 Å². The zero-order valence-corrected chi connectivity index (χ0v) is 20.1. The molecule has 1 aliphatic heterocycles. The van der Waals surface area contributed by atoms with E-state index in [9.17, 15) is 19.1 Å². The number of amides is 1. The molecule has 0 bridgehead atoms. The Hall–Kier alpha value is -4.65. The summed E-state index contributed by atoms with van der Waals surface area (Å²) in [7, 11) is 0. The molecule has 0 radical (unpaired) electrons. The van der Waals surface area contributed by atoms with Gasteiger partial charge in [0.25, 0.3) is 11.7 Å². The molecule has 4 aromatic rings. The van der Waals surface area contributed by atoms with Crippen molar-refractivity contribution in [3.8, 4) is 5.75 Å². The minimum atomic E-state index is -0.905. The lowest BCUT2D eigenvalue weighted by Gasteiger charge is -2.24. The monoisotopic (exact) mass is 497 g/mol. The van der Waals surface area contributed by atoms with Crippen molar-refractivity contribution in [1.82, 2.24) is 4.90 Å². The number of ketones is 1. The van der Waals surface area contributed by atoms with Crippen molar-refractivity contribution in [2.75, 3.05) is 0 Å². The van der Waals surface area contributed by atoms with Crippen molar-refractivity contribution in [2.24, 2.45) is 0 Å². The van der Waals surface area contributed by atoms with Crippen molar-refractivity contribution in [1.29, 1.82) is 0 Å². The fourth-order valence-corrected chi connectivity index (χ4v) is 4.34. The van der Waals surface area contributed by atoms with Crippen LogP contribution in [-0.4, -0.2) is 21.7 Å². The zero-order chi connectivity index (χ0) is 25.9. The summed E-state index contributed by atoms with van der Waals surface area (Å²) in [6.45, 7) is 2.01. The van der Waals surface area contributed by atoms with Gasteiger partial charge in [-0.15, -0.1) is 0 Å². The van der Waals surface area contributed by atoms with Crippen molar-refractivity contribution in [3.05, 3.63) is 131 Å². The van der Waals surface area contributed by atoms with Gasteiger partial charge in [-0.1, -0.05) is 54.6 Å². The van der Waals surface area contributed by atoms with E-state index < -0.39 is 29.3 Å². The maximum absolute atomic E-state index is 14.3. The lowest BCUT2D eigenvalue weighted by atomic mass is 9.95. The quantitative estimate of drug-likeness (QED) is 0.195. The largest absolute Gasteiger partial charge is 0.507 e. The molecule has 1 saturated heterocycles. The van der Waals surface area contributed by atoms with Gasteiger partial charge in [0.1, 0.15) is 29.7 Å². The van der Waals surface area contributed by atoms with Gasteiger partial charge in [-0.25, -0.2) is 4.39 Å². The van der Waals surface area contributed by atoms with Crippen LogP contribution >= 0.6 is 0 Å². The third-order valence-corrected chi connectivity index (χ3v) is 6.34. The number of aliphatic hydroxyl groups excluding tert-OH is 1. The summed E-state index contributed by atoms with van der Waals surface area (Å²) < 4.78 is 25.5. The number of rotatable bonds is 7. The molecule has 1 aromatic heterocycles. The number of aliphatic hydroxyl groups is 1. The molecule has 1 N–H and O–H groups in total. The number of ether oxygens (including phenoxy) is 1. The van der Waals surface area contributed by atoms with E-state index >= 15 is 0 Å². The van der Waals surface area contributed by atoms with Crippen LogP contribution in [0.4, 0.5) is 4.39 Å². The van der Waals surface area contributed by atoms with Crippen LogP contribution in [0.2, 0.25) is 0 Å². The first-order valence-electron chi connectivity index (χ1n) is 11.8. The van der Waals surface area contributed by atoms with E-state index in [1.165, 1.54) is 23.3 Å². The molecule has 2 heterocycles. The molecule has 1 atom stereocenters. The van der Waals surface area contributed by atoms with Crippen LogP contribution in [0.15, 0.2) is 101 Å². The Balaban J connectivity index is 1.52. The number of Topliss-reactive ketones (excluding diaryl/α,β-unsaturated/α-hetero) is 1. The highest BCUT2D eigenvalue weighted by molar-refractivity contribution is 6.46. The summed E-state index contributed by atoms with van der Waals surface area (Å²) in [6.07, 6.45) is 1.48. The smallest absolute Gasteiger partial charge is 0.296 e. The first-order valence-corrected chi connectivity index (χ1v) is 11.8. The minimum absolute atomic E-state index is 0.0214. The maximum Gasteiger partial charge on any atom is 0.296 e. The van der Waals surface area contributed by atoms with Crippen LogP contribution < -0.4 is 4.74 Å². The summed E-state index contributed by atoms with van der Waals surface area (Å²) in [4.78, 5) is 27.6. The lowest BCUT2D eigenvalue weighted by molar-refractivity contribution is -0.140. The highest BCUT2D eigenvalue weighted by atomic mass is 19.1. The SMILES string of the molecule is Cc1ccc(/C(O)=C2\C(=O)C(=O)N(Cc3ccco3)C2c2ccc(OCc3ccccc3)cc2)cc1F. The Bertz CT molecular complexity index is 1460. The number of likely N-dealkylation sites (tertiary alicyclic amines) is 1. The van der Waals surface area contributed by atoms with Crippen LogP contribution in [-0.2, 0) is 22.7 Å². The predicted molar refractivity (Wildman–Crippen MR) is 135 cm³/mol. The number of carbonyl (C=O) groups is 2. The topological polar surface area (TPSA) is 80.0 Å². The standard InChI is InChI=1S/C30H24FNO5/c1-19-9-10-22(16-25(19)31)28(33)26-27(32(30(35)29(26)34)17-24-8-5-15-36-24)21-11-13-23(14-12-21)37-18-20-6-3-2-4-7-20/h2-16,27,33H,17-18H2,1H3/b28-26+. The van der Waals surface area contributed by atoms with Crippen LogP contribution in [0, 0.1) is 12.7 Å². The zero-order valence-electron chi connectivity index (χ0n) is 20.1. The molecular weight excluding hydrogens is 473 g/mol. The van der Waals surface area contributed by atoms with Crippen LogP contribution in [0.1, 0.15) is 34.1 Å². The Morgan fingerprint density at radius 1 is 1.00 bits per heavy atom. The highest BCUT2D eigenvalue weighted by Crippen LogP contribution is 2.41. The van der Waals surface area contributed by atoms with Gasteiger partial charge >= 0.3 is 0 Å². The van der Waals surface area contributed by atoms with E-state index in [1.807, 2.05) is 30.3 Å². The Kier molecular flexibility index (Phi) is 6.60. The number of nitrogens with zero attached hydrogens (tertiary/aromatic N) is 1. The van der Waals surface area contributed by atoms with Crippen molar-refractivity contribution < 1.29 is 28.2 Å². The lowest BCUT2D eigenvalue weighted by Crippen LogP contribution is -2.29. The average Bonchev–Trinajstić information content (AvgIpc) is 3.52. The van der Waals surface area contributed by atoms with Crippen LogP contribution in [0.3, 0.4) is 0 Å². The summed E-state index contributed by atoms with van der Waals surface area (Å²) >= 11 is 0. The van der Waals surface area contributed by atoms with E-state index in [1.54, 1.807) is 43.3 Å². The van der Waals surface area contributed by atoms with E-state index in [2.05, 4.69) is 0 Å². The second-order valence-corrected chi connectivity index (χ2v) is 8.81. The molecule has 37 heavy (non-hydrogen) atoms. The third-order valence-electron chi connectivity index (χ3n) is 6.34. The first kappa shape index (κ1) is 24.1. The molecule has 7 heteroatoms. The van der Waals surface area contributed by atoms with Gasteiger partial charge < -0.3 is 19.2 Å². The number of hydrogen-bond donors (Lipinski definition) is 1. The Morgan fingerprint density at radius 3 is 2.43 bits per heavy atom. The van der Waals surface area contributed by atoms with E-state index in [0.29, 0.717) is 29.2 Å². The first-order chi connectivity index (χ1) is 17.9. The summed E-state index contributed by atoms with van der Waals surface area (Å²) in [6, 6.07) is 23.4. The minimum Gasteiger partial charge on any atom is -0.507 e. The van der Waals surface area contributed by atoms with Gasteiger partial charge in [-0.05, 0) is 53.9 Å². The summed E-state index contributed by atoms with van der Waals surface area (Å²) in [5, 5.41) is 11.1. The van der Waals surface area contributed by atoms with Gasteiger partial charge in [0.2, 0.25) is 0 Å². The van der Waals surface area contributed by atoms with Crippen LogP contribution in [0.5, 0.6) is 5.75 Å². The molecule has 3 aromatic carbocycles. The second-order valence-electron chi connectivity index (χ2n) is 8.81. The van der Waals surface area contributed by atoms with Crippen molar-refractivity contribution in [3.63, 3.8) is 0 Å². The van der Waals surface area contributed by atoms with Crippen LogP contribution in [0.25, 0.3) is 5.76 Å². The molecule has 1 aliphatic rings. The predicted octanol–water partition coefficient (Wildman–Crippen LogP) is 5.93. The normalized spacial score (nSPS) is 16.8. The Labute approximate surface area is 213 Å². The summed E-state index contributed by atoms with van der Waals surface area (Å²) in [5.74, 6) is -1.49. The Morgan fingerprint density at radius 2 is 1.76 bits per heavy atom. The highest BCUT2D eigenvalue weighted by Gasteiger charge is 2.46. The molecule has 0 saturated carbocycles. The van der Waals surface area contributed by atoms with Gasteiger partial charge in [-0.2, -0.15) is 0 Å². The summed E-state index contributed by atoms with van der Waals surface area (Å²) in [5.41, 5.74) is 2.01. The molecular formula is C30H24FNO5. The fraction of sp³-hybridized carbons (Fsp3) is 0.133. The fourth-order valence-electron chi connectivity index (χ4n) is 4.34. The number of carbonyl (C=O) groups excluding carboxylic acids is 2. The molecule has 1 amide bonds. The van der Waals surface area contributed by atoms with Gasteiger partial charge in [0.05, 0.1) is 24.4 Å². The molecule has 186 valence electrons. The number of aryl methyl sites for hydroxylation is 1. The molecule has 1 fully saturated rings. The second kappa shape index (κ2) is 10.1. The third kappa shape index (κ3) is 4.89. The molecule has 6 nitrogen and oxygen atoms in total. The van der Waals surface area contributed by atoms with E-state index in [0.717, 1.165) is 11.6 Å². The van der Waals surface area contributed by atoms with Gasteiger partial charge in [-0.3, -0.25) is 9.59 Å². The van der Waals surface area contributed by atoms with Crippen molar-refractivity contribution in [2.45, 2.75) is 26.1 Å². The number of benzene rings is 3. The molecule has 5 rings (SSSR count). The van der Waals surface area contributed by atoms with Crippen molar-refractivity contribution >= 4 is 17.4 Å². The molecule has 0 spiro atoms. The van der Waals surface area contributed by atoms with E-state index in [-0.39, 0.29) is 17.7 Å². The van der Waals surface area contributed by atoms with Gasteiger partial charge in [0, 0.05) is 5.56 Å².